The molecular formula is C22H26F4N2O2. The Bertz CT molecular complexity index is 896. The lowest BCUT2D eigenvalue weighted by atomic mass is 9.49. The first-order valence-corrected chi connectivity index (χ1v) is 9.77. The molecule has 0 saturated heterocycles. The number of carboxylic acids is 1. The Labute approximate surface area is 173 Å². The molecule has 0 amide bonds. The normalized spacial score (nSPS) is 27.3. The number of alkyl halides is 3. The number of aliphatic imine (C=N–C) groups is 1. The van der Waals surface area contributed by atoms with E-state index in [1.54, 1.807) is 20.8 Å². The van der Waals surface area contributed by atoms with Crippen molar-refractivity contribution in [3.8, 4) is 6.07 Å². The maximum atomic E-state index is 13.9. The van der Waals surface area contributed by atoms with Crippen molar-refractivity contribution in [2.24, 2.45) is 21.7 Å². The van der Waals surface area contributed by atoms with Gasteiger partial charge in [0.05, 0.1) is 23.6 Å². The van der Waals surface area contributed by atoms with Crippen LogP contribution in [0.25, 0.3) is 0 Å². The molecule has 1 N–H and O–H groups in total. The lowest BCUT2D eigenvalue weighted by Crippen LogP contribution is -2.59. The molecule has 30 heavy (non-hydrogen) atoms. The molecule has 0 fully saturated rings. The molecule has 0 radical (unpaired) electrons. The summed E-state index contributed by atoms with van der Waals surface area (Å²) in [5.74, 6) is -4.94. The summed E-state index contributed by atoms with van der Waals surface area (Å²) in [5, 5.41) is 20.3. The van der Waals surface area contributed by atoms with Crippen molar-refractivity contribution in [2.75, 3.05) is 0 Å². The first-order valence-electron chi connectivity index (χ1n) is 9.77. The first kappa shape index (κ1) is 23.8. The van der Waals surface area contributed by atoms with Gasteiger partial charge in [0.2, 0.25) is 0 Å². The molecule has 1 aliphatic rings. The number of carboxylic acid groups (broad SMARTS) is 1. The Morgan fingerprint density at radius 3 is 2.33 bits per heavy atom. The molecule has 1 aliphatic heterocycles. The van der Waals surface area contributed by atoms with E-state index < -0.39 is 52.2 Å². The maximum Gasteiger partial charge on any atom is 0.416 e. The zero-order chi connectivity index (χ0) is 23.1. The van der Waals surface area contributed by atoms with Crippen molar-refractivity contribution in [3.63, 3.8) is 0 Å². The second-order valence-corrected chi connectivity index (χ2v) is 8.81. The van der Waals surface area contributed by atoms with Gasteiger partial charge in [-0.1, -0.05) is 40.2 Å². The number of nitrogens with zero attached hydrogens (tertiary/aromatic N) is 2. The fraction of sp³-hybridized carbons (Fsp3) is 0.591. The average Bonchev–Trinajstić information content (AvgIpc) is 2.59. The van der Waals surface area contributed by atoms with Gasteiger partial charge in [0.1, 0.15) is 11.2 Å². The van der Waals surface area contributed by atoms with E-state index in [2.05, 4.69) is 4.99 Å². The van der Waals surface area contributed by atoms with Crippen LogP contribution in [0.4, 0.5) is 17.6 Å². The van der Waals surface area contributed by atoms with Crippen LogP contribution >= 0.6 is 0 Å². The third kappa shape index (κ3) is 3.70. The van der Waals surface area contributed by atoms with Crippen molar-refractivity contribution < 1.29 is 27.5 Å². The summed E-state index contributed by atoms with van der Waals surface area (Å²) >= 11 is 0. The molecular weight excluding hydrogens is 400 g/mol. The molecule has 8 heteroatoms. The summed E-state index contributed by atoms with van der Waals surface area (Å²) in [6.07, 6.45) is -4.02. The second-order valence-electron chi connectivity index (χ2n) is 8.81. The second kappa shape index (κ2) is 8.01. The third-order valence-electron chi connectivity index (χ3n) is 6.11. The molecule has 164 valence electrons. The van der Waals surface area contributed by atoms with Crippen LogP contribution < -0.4 is 0 Å². The quantitative estimate of drug-likeness (QED) is 0.616. The minimum Gasteiger partial charge on any atom is -0.481 e. The van der Waals surface area contributed by atoms with E-state index >= 15 is 0 Å². The standard InChI is InChI=1S/C22H26F4N2O2/c1-6-7-17-21(19(29)30,20(3,4)5)18(15(11-27)12(2)28-17)14-9-8-13(23)10-16(14)22(24,25)26/h8-10,15,17-18H,6-7H2,1-5H3,(H,29,30). The summed E-state index contributed by atoms with van der Waals surface area (Å²) in [5.41, 5.74) is -4.21. The van der Waals surface area contributed by atoms with Gasteiger partial charge in [0.15, 0.2) is 0 Å². The summed E-state index contributed by atoms with van der Waals surface area (Å²) in [6.45, 7) is 8.29. The van der Waals surface area contributed by atoms with Gasteiger partial charge in [-0.3, -0.25) is 9.79 Å². The van der Waals surface area contributed by atoms with E-state index in [1.807, 2.05) is 13.0 Å². The molecule has 0 saturated carbocycles. The fourth-order valence-electron chi connectivity index (χ4n) is 4.91. The van der Waals surface area contributed by atoms with Gasteiger partial charge in [-0.25, -0.2) is 4.39 Å². The lowest BCUT2D eigenvalue weighted by molar-refractivity contribution is -0.164. The monoisotopic (exact) mass is 426 g/mol. The number of hydrogen-bond acceptors (Lipinski definition) is 3. The number of nitriles is 1. The average molecular weight is 426 g/mol. The van der Waals surface area contributed by atoms with Crippen LogP contribution in [-0.4, -0.2) is 22.8 Å². The van der Waals surface area contributed by atoms with E-state index in [1.165, 1.54) is 6.92 Å². The highest BCUT2D eigenvalue weighted by atomic mass is 19.4. The summed E-state index contributed by atoms with van der Waals surface area (Å²) < 4.78 is 55.4. The fourth-order valence-corrected chi connectivity index (χ4v) is 4.91. The van der Waals surface area contributed by atoms with Gasteiger partial charge < -0.3 is 5.11 Å². The van der Waals surface area contributed by atoms with Gasteiger partial charge in [-0.05, 0) is 36.5 Å². The predicted octanol–water partition coefficient (Wildman–Crippen LogP) is 5.83. The molecule has 0 spiro atoms. The zero-order valence-electron chi connectivity index (χ0n) is 17.6. The van der Waals surface area contributed by atoms with Crippen LogP contribution in [0.2, 0.25) is 0 Å². The maximum absolute atomic E-state index is 13.9. The predicted molar refractivity (Wildman–Crippen MR) is 105 cm³/mol. The Balaban J connectivity index is 3.03. The molecule has 0 aliphatic carbocycles. The minimum atomic E-state index is -4.91. The van der Waals surface area contributed by atoms with E-state index in [-0.39, 0.29) is 5.56 Å². The van der Waals surface area contributed by atoms with Crippen LogP contribution in [0.15, 0.2) is 23.2 Å². The highest BCUT2D eigenvalue weighted by Gasteiger charge is 2.64. The SMILES string of the molecule is CCCC1N=C(C)C(C#N)C(c2ccc(F)cc2C(F)(F)F)C1(C(=O)O)C(C)(C)C. The van der Waals surface area contributed by atoms with Gasteiger partial charge >= 0.3 is 12.1 Å². The molecule has 1 heterocycles. The minimum absolute atomic E-state index is 0.291. The molecule has 4 nitrogen and oxygen atoms in total. The molecule has 1 aromatic rings. The van der Waals surface area contributed by atoms with Crippen molar-refractivity contribution in [1.82, 2.24) is 0 Å². The first-order chi connectivity index (χ1) is 13.7. The topological polar surface area (TPSA) is 73.5 Å². The Hall–Kier alpha value is -2.43. The molecule has 2 rings (SSSR count). The number of benzene rings is 1. The van der Waals surface area contributed by atoms with Crippen LogP contribution in [0.5, 0.6) is 0 Å². The molecule has 0 bridgehead atoms. The van der Waals surface area contributed by atoms with Crippen LogP contribution in [0, 0.1) is 33.9 Å². The Kier molecular flexibility index (Phi) is 6.37. The van der Waals surface area contributed by atoms with Gasteiger partial charge in [-0.15, -0.1) is 0 Å². The van der Waals surface area contributed by atoms with Crippen LogP contribution in [0.3, 0.4) is 0 Å². The molecule has 4 unspecified atom stereocenters. The number of carbonyl (C=O) groups is 1. The van der Waals surface area contributed by atoms with Crippen LogP contribution in [0.1, 0.15) is 64.5 Å². The highest BCUT2D eigenvalue weighted by Crippen LogP contribution is 2.60. The van der Waals surface area contributed by atoms with Crippen molar-refractivity contribution in [3.05, 3.63) is 35.1 Å². The smallest absolute Gasteiger partial charge is 0.416 e. The number of halogens is 4. The highest BCUT2D eigenvalue weighted by molar-refractivity contribution is 5.92. The van der Waals surface area contributed by atoms with Crippen LogP contribution in [-0.2, 0) is 11.0 Å². The largest absolute Gasteiger partial charge is 0.481 e. The summed E-state index contributed by atoms with van der Waals surface area (Å²) in [7, 11) is 0. The van der Waals surface area contributed by atoms with Crippen molar-refractivity contribution in [2.45, 2.75) is 65.6 Å². The lowest BCUT2D eigenvalue weighted by Gasteiger charge is -2.54. The van der Waals surface area contributed by atoms with E-state index in [9.17, 15) is 32.7 Å². The van der Waals surface area contributed by atoms with E-state index in [0.29, 0.717) is 24.6 Å². The molecule has 1 aromatic carbocycles. The summed E-state index contributed by atoms with van der Waals surface area (Å²) in [6, 6.07) is 3.37. The molecule has 0 aromatic heterocycles. The van der Waals surface area contributed by atoms with Crippen molar-refractivity contribution >= 4 is 11.7 Å². The Morgan fingerprint density at radius 2 is 1.90 bits per heavy atom. The van der Waals surface area contributed by atoms with Crippen molar-refractivity contribution in [1.29, 1.82) is 5.26 Å². The van der Waals surface area contributed by atoms with E-state index in [4.69, 9.17) is 0 Å². The number of hydrogen-bond donors (Lipinski definition) is 1. The third-order valence-corrected chi connectivity index (χ3v) is 6.11. The van der Waals surface area contributed by atoms with E-state index in [0.717, 1.165) is 12.1 Å². The molecule has 4 atom stereocenters. The van der Waals surface area contributed by atoms with Gasteiger partial charge in [0.25, 0.3) is 0 Å². The van der Waals surface area contributed by atoms with Gasteiger partial charge in [-0.2, -0.15) is 18.4 Å². The number of rotatable bonds is 4. The Morgan fingerprint density at radius 1 is 1.30 bits per heavy atom. The zero-order valence-corrected chi connectivity index (χ0v) is 17.6. The summed E-state index contributed by atoms with van der Waals surface area (Å²) in [4.78, 5) is 17.4. The van der Waals surface area contributed by atoms with Gasteiger partial charge in [0, 0.05) is 11.6 Å². The number of aliphatic carboxylic acids is 1.